The third kappa shape index (κ3) is 7.56. The second kappa shape index (κ2) is 16.2. The Hall–Kier alpha value is -6.90. The van der Waals surface area contributed by atoms with Crippen LogP contribution in [-0.4, -0.2) is 0 Å². The van der Waals surface area contributed by atoms with Gasteiger partial charge in [0, 0.05) is 40.1 Å². The first-order valence-corrected chi connectivity index (χ1v) is 19.7. The van der Waals surface area contributed by atoms with Gasteiger partial charge in [0.1, 0.15) is 0 Å². The summed E-state index contributed by atoms with van der Waals surface area (Å²) >= 11 is 0. The second-order valence-electron chi connectivity index (χ2n) is 14.4. The van der Waals surface area contributed by atoms with Crippen LogP contribution in [0.5, 0.6) is 0 Å². The first-order valence-electron chi connectivity index (χ1n) is 19.7. The van der Waals surface area contributed by atoms with Crippen LogP contribution in [0.1, 0.15) is 36.3 Å². The second-order valence-corrected chi connectivity index (χ2v) is 14.4. The number of hydrogen-bond donors (Lipinski definition) is 0. The van der Waals surface area contributed by atoms with Crippen molar-refractivity contribution < 1.29 is 0 Å². The Morgan fingerprint density at radius 3 is 1.54 bits per heavy atom. The highest BCUT2D eigenvalue weighted by molar-refractivity contribution is 5.83. The molecule has 1 unspecified atom stereocenters. The quantitative estimate of drug-likeness (QED) is 0.139. The fourth-order valence-corrected chi connectivity index (χ4v) is 7.91. The van der Waals surface area contributed by atoms with Gasteiger partial charge in [0.05, 0.1) is 0 Å². The van der Waals surface area contributed by atoms with E-state index in [0.29, 0.717) is 5.92 Å². The smallest absolute Gasteiger partial charge is 0.0467 e. The Kier molecular flexibility index (Phi) is 10.1. The Balaban J connectivity index is 0.994. The van der Waals surface area contributed by atoms with E-state index in [1.54, 1.807) is 0 Å². The molecule has 2 aliphatic carbocycles. The van der Waals surface area contributed by atoms with Gasteiger partial charge < -0.3 is 9.80 Å². The van der Waals surface area contributed by atoms with Gasteiger partial charge in [-0.3, -0.25) is 0 Å². The topological polar surface area (TPSA) is 6.48 Å². The SMILES string of the molecule is C1=CC(c2ccc(N(c3ccccc3)c3cccc(-c4cccc(-c5ccc(N(C6=CCC(c7ccccc7)C=C6)c6ccccc6)cc5)c4)c3)cc2)=CCC1. The molecule has 0 bridgehead atoms. The van der Waals surface area contributed by atoms with Gasteiger partial charge in [-0.1, -0.05) is 152 Å². The molecular weight excluding hydrogens is 677 g/mol. The van der Waals surface area contributed by atoms with Crippen molar-refractivity contribution in [2.24, 2.45) is 0 Å². The molecule has 0 fully saturated rings. The van der Waals surface area contributed by atoms with E-state index in [1.165, 1.54) is 44.7 Å². The van der Waals surface area contributed by atoms with Crippen LogP contribution in [0.25, 0.3) is 27.8 Å². The Morgan fingerprint density at radius 2 is 0.911 bits per heavy atom. The third-order valence-corrected chi connectivity index (χ3v) is 10.8. The minimum absolute atomic E-state index is 0.391. The number of para-hydroxylation sites is 2. The molecule has 0 saturated heterocycles. The zero-order valence-corrected chi connectivity index (χ0v) is 31.5. The van der Waals surface area contributed by atoms with Gasteiger partial charge in [-0.2, -0.15) is 0 Å². The highest BCUT2D eigenvalue weighted by atomic mass is 15.1. The molecule has 270 valence electrons. The van der Waals surface area contributed by atoms with Gasteiger partial charge in [-0.15, -0.1) is 0 Å². The molecule has 2 heteroatoms. The van der Waals surface area contributed by atoms with E-state index in [4.69, 9.17) is 0 Å². The fourth-order valence-electron chi connectivity index (χ4n) is 7.91. The minimum Gasteiger partial charge on any atom is -0.311 e. The maximum atomic E-state index is 2.37. The molecule has 1 atom stereocenters. The van der Waals surface area contributed by atoms with E-state index < -0.39 is 0 Å². The Morgan fingerprint density at radius 1 is 0.375 bits per heavy atom. The first-order chi connectivity index (χ1) is 27.8. The maximum absolute atomic E-state index is 2.37. The van der Waals surface area contributed by atoms with Crippen LogP contribution in [0.4, 0.5) is 28.4 Å². The molecule has 0 amide bonds. The summed E-state index contributed by atoms with van der Waals surface area (Å²) in [6.45, 7) is 0. The summed E-state index contributed by atoms with van der Waals surface area (Å²) in [5, 5.41) is 0. The summed E-state index contributed by atoms with van der Waals surface area (Å²) in [6, 6.07) is 67.9. The summed E-state index contributed by atoms with van der Waals surface area (Å²) < 4.78 is 0. The maximum Gasteiger partial charge on any atom is 0.0467 e. The normalized spacial score (nSPS) is 14.8. The van der Waals surface area contributed by atoms with Crippen molar-refractivity contribution >= 4 is 34.0 Å². The predicted octanol–water partition coefficient (Wildman–Crippen LogP) is 15.0. The molecule has 0 aromatic heterocycles. The summed E-state index contributed by atoms with van der Waals surface area (Å²) in [5.74, 6) is 0.391. The monoisotopic (exact) mass is 720 g/mol. The van der Waals surface area contributed by atoms with Crippen LogP contribution in [0.15, 0.2) is 230 Å². The summed E-state index contributed by atoms with van der Waals surface area (Å²) in [6.07, 6.45) is 17.0. The molecule has 0 saturated carbocycles. The molecule has 0 N–H and O–H groups in total. The van der Waals surface area contributed by atoms with Crippen LogP contribution in [-0.2, 0) is 0 Å². The van der Waals surface area contributed by atoms with E-state index in [1.807, 2.05) is 0 Å². The van der Waals surface area contributed by atoms with E-state index in [9.17, 15) is 0 Å². The molecule has 0 heterocycles. The van der Waals surface area contributed by atoms with E-state index in [2.05, 4.69) is 234 Å². The van der Waals surface area contributed by atoms with Crippen LogP contribution >= 0.6 is 0 Å². The molecule has 7 aromatic rings. The zero-order valence-electron chi connectivity index (χ0n) is 31.5. The van der Waals surface area contributed by atoms with Gasteiger partial charge >= 0.3 is 0 Å². The molecule has 0 aliphatic heterocycles. The molecule has 2 aliphatic rings. The van der Waals surface area contributed by atoms with Crippen LogP contribution in [0.2, 0.25) is 0 Å². The van der Waals surface area contributed by atoms with Gasteiger partial charge in [0.2, 0.25) is 0 Å². The Bertz CT molecular complexity index is 2530. The summed E-state index contributed by atoms with van der Waals surface area (Å²) in [4.78, 5) is 4.71. The highest BCUT2D eigenvalue weighted by Gasteiger charge is 2.19. The standard InChI is InChI=1S/C54H44N2/c1-5-15-41(16-6-1)43-27-33-51(34-28-43)55(49-22-9-3-10-23-49)52-37-31-45(32-38-52)46-19-13-20-47(39-46)48-21-14-26-54(40-48)56(50-24-11-4-12-25-50)53-35-29-44(30-36-53)42-17-7-2-8-18-42/h1,3-7,9-27,29-40,43H,2,8,28H2. The lowest BCUT2D eigenvalue weighted by Crippen LogP contribution is -2.17. The van der Waals surface area contributed by atoms with Gasteiger partial charge in [0.25, 0.3) is 0 Å². The van der Waals surface area contributed by atoms with Crippen LogP contribution in [0, 0.1) is 0 Å². The zero-order chi connectivity index (χ0) is 37.5. The lowest BCUT2D eigenvalue weighted by molar-refractivity contribution is 0.840. The van der Waals surface area contributed by atoms with Crippen molar-refractivity contribution in [3.63, 3.8) is 0 Å². The fraction of sp³-hybridized carbons (Fsp3) is 0.0741. The van der Waals surface area contributed by atoms with Crippen molar-refractivity contribution in [3.05, 3.63) is 241 Å². The predicted molar refractivity (Wildman–Crippen MR) is 238 cm³/mol. The lowest BCUT2D eigenvalue weighted by Gasteiger charge is -2.29. The highest BCUT2D eigenvalue weighted by Crippen LogP contribution is 2.39. The molecule has 7 aromatic carbocycles. The molecule has 2 nitrogen and oxygen atoms in total. The number of rotatable bonds is 10. The van der Waals surface area contributed by atoms with Crippen molar-refractivity contribution in [2.75, 3.05) is 9.80 Å². The van der Waals surface area contributed by atoms with E-state index >= 15 is 0 Å². The van der Waals surface area contributed by atoms with E-state index in [0.717, 1.165) is 47.7 Å². The van der Waals surface area contributed by atoms with E-state index in [-0.39, 0.29) is 0 Å². The largest absolute Gasteiger partial charge is 0.311 e. The number of allylic oxidation sites excluding steroid dienone is 7. The molecular formula is C54H44N2. The van der Waals surface area contributed by atoms with Crippen molar-refractivity contribution in [1.82, 2.24) is 0 Å². The van der Waals surface area contributed by atoms with Gasteiger partial charge in [0.15, 0.2) is 0 Å². The summed E-state index contributed by atoms with van der Waals surface area (Å²) in [7, 11) is 0. The third-order valence-electron chi connectivity index (χ3n) is 10.8. The van der Waals surface area contributed by atoms with Crippen molar-refractivity contribution in [3.8, 4) is 22.3 Å². The minimum atomic E-state index is 0.391. The van der Waals surface area contributed by atoms with Gasteiger partial charge in [-0.05, 0) is 131 Å². The molecule has 9 rings (SSSR count). The lowest BCUT2D eigenvalue weighted by atomic mass is 9.91. The number of benzene rings is 7. The number of nitrogens with zero attached hydrogens (tertiary/aromatic N) is 2. The number of anilines is 5. The van der Waals surface area contributed by atoms with Crippen molar-refractivity contribution in [2.45, 2.75) is 25.2 Å². The Labute approximate surface area is 331 Å². The van der Waals surface area contributed by atoms with Crippen LogP contribution in [0.3, 0.4) is 0 Å². The van der Waals surface area contributed by atoms with Gasteiger partial charge in [-0.25, -0.2) is 0 Å². The molecule has 56 heavy (non-hydrogen) atoms. The average molecular weight is 721 g/mol. The summed E-state index contributed by atoms with van der Waals surface area (Å²) in [5.41, 5.74) is 15.5. The average Bonchev–Trinajstić information content (AvgIpc) is 3.29. The number of hydrogen-bond acceptors (Lipinski definition) is 2. The first kappa shape index (κ1) is 34.8. The molecule has 0 radical (unpaired) electrons. The van der Waals surface area contributed by atoms with Crippen LogP contribution < -0.4 is 9.80 Å². The molecule has 0 spiro atoms. The van der Waals surface area contributed by atoms with Crippen molar-refractivity contribution in [1.29, 1.82) is 0 Å².